The summed E-state index contributed by atoms with van der Waals surface area (Å²) in [5, 5.41) is 4.10. The highest BCUT2D eigenvalue weighted by Crippen LogP contribution is 2.38. The lowest BCUT2D eigenvalue weighted by Crippen LogP contribution is -2.51. The van der Waals surface area contributed by atoms with Crippen molar-refractivity contribution in [2.24, 2.45) is 0 Å². The van der Waals surface area contributed by atoms with E-state index in [1.807, 2.05) is 4.90 Å². The van der Waals surface area contributed by atoms with Crippen LogP contribution >= 0.6 is 0 Å². The lowest BCUT2D eigenvalue weighted by atomic mass is 10.2. The van der Waals surface area contributed by atoms with E-state index in [-0.39, 0.29) is 18.1 Å². The van der Waals surface area contributed by atoms with Gasteiger partial charge in [-0.15, -0.1) is 0 Å². The average Bonchev–Trinajstić information content (AvgIpc) is 3.10. The molecular formula is C16H24N4O3. The van der Waals surface area contributed by atoms with Crippen LogP contribution < -0.4 is 0 Å². The number of amides is 1. The van der Waals surface area contributed by atoms with Crippen LogP contribution in [0.2, 0.25) is 0 Å². The molecule has 7 heteroatoms. The van der Waals surface area contributed by atoms with E-state index in [4.69, 9.17) is 9.26 Å². The van der Waals surface area contributed by atoms with Crippen LogP contribution in [0.25, 0.3) is 0 Å². The lowest BCUT2D eigenvalue weighted by molar-refractivity contribution is -0.143. The molecule has 1 aromatic heterocycles. The molecular weight excluding hydrogens is 296 g/mol. The zero-order valence-electron chi connectivity index (χ0n) is 13.6. The Balaban J connectivity index is 1.32. The minimum atomic E-state index is -0.212. The molecule has 3 aliphatic rings. The second-order valence-corrected chi connectivity index (χ2v) is 6.80. The van der Waals surface area contributed by atoms with Crippen molar-refractivity contribution in [3.05, 3.63) is 11.7 Å². The molecule has 2 saturated heterocycles. The predicted molar refractivity (Wildman–Crippen MR) is 81.8 cm³/mol. The lowest BCUT2D eigenvalue weighted by Gasteiger charge is -2.37. The number of carbonyl (C=O) groups excluding carboxylic acids is 1. The molecule has 4 rings (SSSR count). The highest BCUT2D eigenvalue weighted by atomic mass is 16.5. The van der Waals surface area contributed by atoms with Crippen LogP contribution in [-0.4, -0.2) is 64.7 Å². The molecule has 1 amide bonds. The molecule has 3 heterocycles. The van der Waals surface area contributed by atoms with Crippen molar-refractivity contribution in [2.75, 3.05) is 32.8 Å². The van der Waals surface area contributed by atoms with Crippen molar-refractivity contribution < 1.29 is 14.1 Å². The molecule has 0 N–H and O–H groups in total. The number of piperazine rings is 1. The van der Waals surface area contributed by atoms with Crippen LogP contribution in [0.15, 0.2) is 4.52 Å². The summed E-state index contributed by atoms with van der Waals surface area (Å²) in [6.45, 7) is 5.97. The fourth-order valence-corrected chi connectivity index (χ4v) is 3.39. The third-order valence-corrected chi connectivity index (χ3v) is 5.14. The van der Waals surface area contributed by atoms with Crippen molar-refractivity contribution in [3.63, 3.8) is 0 Å². The zero-order valence-corrected chi connectivity index (χ0v) is 13.6. The molecule has 1 aliphatic carbocycles. The summed E-state index contributed by atoms with van der Waals surface area (Å²) in [4.78, 5) is 21.2. The van der Waals surface area contributed by atoms with E-state index in [9.17, 15) is 4.79 Å². The Bertz CT molecular complexity index is 557. The first-order chi connectivity index (χ1) is 11.2. The van der Waals surface area contributed by atoms with E-state index >= 15 is 0 Å². The van der Waals surface area contributed by atoms with E-state index in [0.29, 0.717) is 18.4 Å². The largest absolute Gasteiger partial charge is 0.368 e. The normalized spacial score (nSPS) is 27.3. The maximum Gasteiger partial charge on any atom is 0.251 e. The Kier molecular flexibility index (Phi) is 4.07. The third kappa shape index (κ3) is 3.12. The fraction of sp³-hybridized carbons (Fsp3) is 0.812. The van der Waals surface area contributed by atoms with Gasteiger partial charge in [0.05, 0.1) is 6.04 Å². The number of carbonyl (C=O) groups is 1. The summed E-state index contributed by atoms with van der Waals surface area (Å²) < 4.78 is 10.9. The summed E-state index contributed by atoms with van der Waals surface area (Å²) in [7, 11) is 0. The summed E-state index contributed by atoms with van der Waals surface area (Å²) in [6.07, 6.45) is 4.00. The van der Waals surface area contributed by atoms with Crippen molar-refractivity contribution in [1.29, 1.82) is 0 Å². The summed E-state index contributed by atoms with van der Waals surface area (Å²) in [5.74, 6) is 2.23. The molecule has 3 fully saturated rings. The predicted octanol–water partition coefficient (Wildman–Crippen LogP) is 1.33. The quantitative estimate of drug-likeness (QED) is 0.833. The number of nitrogens with zero attached hydrogens (tertiary/aromatic N) is 4. The SMILES string of the molecule is C[C@@H](c1nc(C2CC2)no1)N1CCN(C(=O)[C@H]2CCCO2)CC1. The number of hydrogen-bond acceptors (Lipinski definition) is 6. The van der Waals surface area contributed by atoms with Gasteiger partial charge >= 0.3 is 0 Å². The minimum Gasteiger partial charge on any atom is -0.368 e. The van der Waals surface area contributed by atoms with E-state index in [2.05, 4.69) is 22.0 Å². The molecule has 1 aromatic rings. The van der Waals surface area contributed by atoms with Gasteiger partial charge in [-0.1, -0.05) is 5.16 Å². The van der Waals surface area contributed by atoms with Crippen LogP contribution in [-0.2, 0) is 9.53 Å². The first-order valence-corrected chi connectivity index (χ1v) is 8.70. The summed E-state index contributed by atoms with van der Waals surface area (Å²) in [5.41, 5.74) is 0. The van der Waals surface area contributed by atoms with Crippen molar-refractivity contribution >= 4 is 5.91 Å². The van der Waals surface area contributed by atoms with Gasteiger partial charge in [0.1, 0.15) is 6.10 Å². The zero-order chi connectivity index (χ0) is 15.8. The Morgan fingerprint density at radius 1 is 1.22 bits per heavy atom. The number of ether oxygens (including phenoxy) is 1. The first-order valence-electron chi connectivity index (χ1n) is 8.70. The molecule has 2 atom stereocenters. The molecule has 0 spiro atoms. The van der Waals surface area contributed by atoms with E-state index < -0.39 is 0 Å². The van der Waals surface area contributed by atoms with E-state index in [1.165, 1.54) is 12.8 Å². The average molecular weight is 320 g/mol. The second kappa shape index (κ2) is 6.20. The molecule has 1 saturated carbocycles. The van der Waals surface area contributed by atoms with Gasteiger partial charge in [0.15, 0.2) is 5.82 Å². The van der Waals surface area contributed by atoms with Crippen molar-refractivity contribution in [2.45, 2.75) is 50.7 Å². The minimum absolute atomic E-state index is 0.106. The van der Waals surface area contributed by atoms with Gasteiger partial charge < -0.3 is 14.2 Å². The molecule has 23 heavy (non-hydrogen) atoms. The molecule has 126 valence electrons. The van der Waals surface area contributed by atoms with Crippen LogP contribution in [0, 0.1) is 0 Å². The van der Waals surface area contributed by atoms with E-state index in [1.54, 1.807) is 0 Å². The molecule has 0 radical (unpaired) electrons. The summed E-state index contributed by atoms with van der Waals surface area (Å²) in [6, 6.07) is 0.106. The maximum atomic E-state index is 12.4. The molecule has 7 nitrogen and oxygen atoms in total. The van der Waals surface area contributed by atoms with Crippen LogP contribution in [0.3, 0.4) is 0 Å². The Morgan fingerprint density at radius 3 is 2.65 bits per heavy atom. The van der Waals surface area contributed by atoms with Gasteiger partial charge in [0.2, 0.25) is 5.89 Å². The van der Waals surface area contributed by atoms with Gasteiger partial charge in [0.25, 0.3) is 5.91 Å². The number of aromatic nitrogens is 2. The van der Waals surface area contributed by atoms with Gasteiger partial charge in [0, 0.05) is 38.7 Å². The molecule has 0 aromatic carbocycles. The molecule has 2 aliphatic heterocycles. The van der Waals surface area contributed by atoms with Crippen LogP contribution in [0.5, 0.6) is 0 Å². The van der Waals surface area contributed by atoms with Gasteiger partial charge in [-0.05, 0) is 32.6 Å². The smallest absolute Gasteiger partial charge is 0.251 e. The topological polar surface area (TPSA) is 71.7 Å². The number of hydrogen-bond donors (Lipinski definition) is 0. The molecule has 0 unspecified atom stereocenters. The Labute approximate surface area is 136 Å². The van der Waals surface area contributed by atoms with Gasteiger partial charge in [-0.2, -0.15) is 4.98 Å². The standard InChI is InChI=1S/C16H24N4O3/c1-11(15-17-14(18-23-15)12-4-5-12)19-6-8-20(9-7-19)16(21)13-3-2-10-22-13/h11-13H,2-10H2,1H3/t11-,13+/m0/s1. The third-order valence-electron chi connectivity index (χ3n) is 5.14. The Morgan fingerprint density at radius 2 is 2.00 bits per heavy atom. The summed E-state index contributed by atoms with van der Waals surface area (Å²) >= 11 is 0. The number of rotatable bonds is 4. The second-order valence-electron chi connectivity index (χ2n) is 6.80. The van der Waals surface area contributed by atoms with Crippen molar-refractivity contribution in [3.8, 4) is 0 Å². The Hall–Kier alpha value is -1.47. The van der Waals surface area contributed by atoms with Crippen LogP contribution in [0.4, 0.5) is 0 Å². The highest BCUT2D eigenvalue weighted by Gasteiger charge is 2.34. The van der Waals surface area contributed by atoms with Gasteiger partial charge in [-0.3, -0.25) is 9.69 Å². The monoisotopic (exact) mass is 320 g/mol. The maximum absolute atomic E-state index is 12.4. The first kappa shape index (κ1) is 15.1. The fourth-order valence-electron chi connectivity index (χ4n) is 3.39. The van der Waals surface area contributed by atoms with Crippen molar-refractivity contribution in [1.82, 2.24) is 19.9 Å². The van der Waals surface area contributed by atoms with E-state index in [0.717, 1.165) is 44.8 Å². The van der Waals surface area contributed by atoms with Gasteiger partial charge in [-0.25, -0.2) is 0 Å². The van der Waals surface area contributed by atoms with Crippen LogP contribution in [0.1, 0.15) is 56.3 Å². The molecule has 0 bridgehead atoms. The highest BCUT2D eigenvalue weighted by molar-refractivity contribution is 5.81.